The minimum atomic E-state index is -0.992. The SMILES string of the molecule is C[C@H](OC(=O)COc1ccc(Cl)cc1)C(=O)NC1(C#N)CCCCC1. The van der Waals surface area contributed by atoms with Crippen LogP contribution in [0, 0.1) is 11.3 Å². The molecule has 1 amide bonds. The lowest BCUT2D eigenvalue weighted by molar-refractivity contribution is -0.157. The lowest BCUT2D eigenvalue weighted by Crippen LogP contribution is -2.52. The third kappa shape index (κ3) is 5.64. The Hall–Kier alpha value is -2.26. The minimum absolute atomic E-state index is 0.317. The van der Waals surface area contributed by atoms with Crippen LogP contribution in [0.15, 0.2) is 24.3 Å². The Labute approximate surface area is 152 Å². The predicted octanol–water partition coefficient (Wildman–Crippen LogP) is 2.99. The highest BCUT2D eigenvalue weighted by Crippen LogP contribution is 2.27. The molecule has 1 aromatic carbocycles. The zero-order chi connectivity index (χ0) is 18.3. The lowest BCUT2D eigenvalue weighted by atomic mass is 9.83. The van der Waals surface area contributed by atoms with Gasteiger partial charge in [-0.3, -0.25) is 4.79 Å². The number of nitrogens with one attached hydrogen (secondary N) is 1. The Morgan fingerprint density at radius 3 is 2.52 bits per heavy atom. The van der Waals surface area contributed by atoms with Crippen LogP contribution in [0.25, 0.3) is 0 Å². The van der Waals surface area contributed by atoms with E-state index in [4.69, 9.17) is 21.1 Å². The molecule has 1 aliphatic rings. The van der Waals surface area contributed by atoms with Gasteiger partial charge in [0, 0.05) is 5.02 Å². The monoisotopic (exact) mass is 364 g/mol. The average molecular weight is 365 g/mol. The molecule has 0 radical (unpaired) electrons. The van der Waals surface area contributed by atoms with Crippen molar-refractivity contribution in [3.63, 3.8) is 0 Å². The second kappa shape index (κ2) is 8.72. The third-order valence-corrected chi connectivity index (χ3v) is 4.38. The number of halogens is 1. The maximum absolute atomic E-state index is 12.2. The van der Waals surface area contributed by atoms with Crippen LogP contribution in [0.3, 0.4) is 0 Å². The standard InChI is InChI=1S/C18H21ClN2O4/c1-13(17(23)21-18(12-20)9-3-2-4-10-18)25-16(22)11-24-15-7-5-14(19)6-8-15/h5-8,13H,2-4,9-11H2,1H3,(H,21,23)/t13-/m0/s1. The van der Waals surface area contributed by atoms with Crippen molar-refractivity contribution in [2.75, 3.05) is 6.61 Å². The van der Waals surface area contributed by atoms with Crippen molar-refractivity contribution in [1.82, 2.24) is 5.32 Å². The molecule has 1 aromatic rings. The Morgan fingerprint density at radius 1 is 1.28 bits per heavy atom. The van der Waals surface area contributed by atoms with Gasteiger partial charge in [-0.05, 0) is 44.0 Å². The van der Waals surface area contributed by atoms with Crippen LogP contribution in [0.5, 0.6) is 5.75 Å². The van der Waals surface area contributed by atoms with Crippen LogP contribution in [-0.2, 0) is 14.3 Å². The molecule has 1 atom stereocenters. The van der Waals surface area contributed by atoms with Gasteiger partial charge in [-0.25, -0.2) is 4.79 Å². The van der Waals surface area contributed by atoms with Crippen LogP contribution in [-0.4, -0.2) is 30.1 Å². The lowest BCUT2D eigenvalue weighted by Gasteiger charge is -2.32. The van der Waals surface area contributed by atoms with Gasteiger partial charge in [-0.1, -0.05) is 30.9 Å². The fourth-order valence-corrected chi connectivity index (χ4v) is 2.84. The molecule has 0 unspecified atom stereocenters. The summed E-state index contributed by atoms with van der Waals surface area (Å²) < 4.78 is 10.4. The molecule has 2 rings (SSSR count). The molecular formula is C18H21ClN2O4. The first-order chi connectivity index (χ1) is 11.9. The Balaban J connectivity index is 1.80. The zero-order valence-electron chi connectivity index (χ0n) is 14.1. The van der Waals surface area contributed by atoms with E-state index < -0.39 is 23.5 Å². The largest absolute Gasteiger partial charge is 0.482 e. The van der Waals surface area contributed by atoms with E-state index in [1.165, 1.54) is 6.92 Å². The van der Waals surface area contributed by atoms with Gasteiger partial charge in [0.05, 0.1) is 6.07 Å². The molecule has 7 heteroatoms. The zero-order valence-corrected chi connectivity index (χ0v) is 14.8. The summed E-state index contributed by atoms with van der Waals surface area (Å²) in [5.74, 6) is -0.653. The number of nitrogens with zero attached hydrogens (tertiary/aromatic N) is 1. The van der Waals surface area contributed by atoms with Crippen LogP contribution in [0.1, 0.15) is 39.0 Å². The number of rotatable bonds is 6. The Morgan fingerprint density at radius 2 is 1.92 bits per heavy atom. The number of benzene rings is 1. The third-order valence-electron chi connectivity index (χ3n) is 4.13. The van der Waals surface area contributed by atoms with E-state index in [2.05, 4.69) is 11.4 Å². The second-order valence-corrected chi connectivity index (χ2v) is 6.55. The molecule has 25 heavy (non-hydrogen) atoms. The van der Waals surface area contributed by atoms with Gasteiger partial charge in [0.25, 0.3) is 5.91 Å². The minimum Gasteiger partial charge on any atom is -0.482 e. The molecule has 134 valence electrons. The molecule has 1 fully saturated rings. The molecule has 0 aromatic heterocycles. The van der Waals surface area contributed by atoms with Gasteiger partial charge in [-0.2, -0.15) is 5.26 Å². The number of hydrogen-bond acceptors (Lipinski definition) is 5. The van der Waals surface area contributed by atoms with E-state index in [0.717, 1.165) is 19.3 Å². The van der Waals surface area contributed by atoms with Gasteiger partial charge < -0.3 is 14.8 Å². The van der Waals surface area contributed by atoms with E-state index in [1.54, 1.807) is 24.3 Å². The van der Waals surface area contributed by atoms with Crippen LogP contribution in [0.2, 0.25) is 5.02 Å². The number of esters is 1. The molecule has 0 bridgehead atoms. The first kappa shape index (κ1) is 19.1. The number of hydrogen-bond donors (Lipinski definition) is 1. The molecule has 1 N–H and O–H groups in total. The maximum Gasteiger partial charge on any atom is 0.344 e. The normalized spacial score (nSPS) is 17.0. The number of ether oxygens (including phenoxy) is 2. The van der Waals surface area contributed by atoms with Gasteiger partial charge in [0.1, 0.15) is 11.3 Å². The highest BCUT2D eigenvalue weighted by molar-refractivity contribution is 6.30. The molecule has 6 nitrogen and oxygen atoms in total. The van der Waals surface area contributed by atoms with E-state index in [0.29, 0.717) is 23.6 Å². The fourth-order valence-electron chi connectivity index (χ4n) is 2.72. The quantitative estimate of drug-likeness (QED) is 0.784. The van der Waals surface area contributed by atoms with E-state index >= 15 is 0 Å². The Kier molecular flexibility index (Phi) is 6.65. The highest BCUT2D eigenvalue weighted by Gasteiger charge is 2.35. The van der Waals surface area contributed by atoms with E-state index in [1.807, 2.05) is 0 Å². The van der Waals surface area contributed by atoms with Crippen molar-refractivity contribution in [2.24, 2.45) is 0 Å². The van der Waals surface area contributed by atoms with Gasteiger partial charge in [-0.15, -0.1) is 0 Å². The van der Waals surface area contributed by atoms with Gasteiger partial charge in [0.15, 0.2) is 12.7 Å². The summed E-state index contributed by atoms with van der Waals surface area (Å²) in [6.07, 6.45) is 3.11. The summed E-state index contributed by atoms with van der Waals surface area (Å²) in [6.45, 7) is 1.16. The number of carbonyl (C=O) groups excluding carboxylic acids is 2. The average Bonchev–Trinajstić information content (AvgIpc) is 2.62. The number of carbonyl (C=O) groups is 2. The molecule has 1 aliphatic carbocycles. The molecule has 0 saturated heterocycles. The predicted molar refractivity (Wildman–Crippen MR) is 92.1 cm³/mol. The van der Waals surface area contributed by atoms with Crippen LogP contribution >= 0.6 is 11.6 Å². The second-order valence-electron chi connectivity index (χ2n) is 6.12. The summed E-state index contributed by atoms with van der Waals surface area (Å²) in [4.78, 5) is 24.0. The maximum atomic E-state index is 12.2. The number of nitriles is 1. The summed E-state index contributed by atoms with van der Waals surface area (Å²) in [5.41, 5.74) is -0.851. The van der Waals surface area contributed by atoms with Crippen molar-refractivity contribution in [1.29, 1.82) is 5.26 Å². The molecule has 0 heterocycles. The molecule has 0 aliphatic heterocycles. The van der Waals surface area contributed by atoms with Crippen LogP contribution < -0.4 is 10.1 Å². The Bertz CT molecular complexity index is 648. The van der Waals surface area contributed by atoms with Gasteiger partial charge in [0.2, 0.25) is 0 Å². The first-order valence-electron chi connectivity index (χ1n) is 8.25. The summed E-state index contributed by atoms with van der Waals surface area (Å²) in [7, 11) is 0. The van der Waals surface area contributed by atoms with Gasteiger partial charge >= 0.3 is 5.97 Å². The molecular weight excluding hydrogens is 344 g/mol. The van der Waals surface area contributed by atoms with Crippen molar-refractivity contribution < 1.29 is 19.1 Å². The topological polar surface area (TPSA) is 88.4 Å². The van der Waals surface area contributed by atoms with E-state index in [9.17, 15) is 14.9 Å². The highest BCUT2D eigenvalue weighted by atomic mass is 35.5. The number of amides is 1. The molecule has 1 saturated carbocycles. The van der Waals surface area contributed by atoms with Crippen molar-refractivity contribution in [3.05, 3.63) is 29.3 Å². The van der Waals surface area contributed by atoms with Crippen molar-refractivity contribution >= 4 is 23.5 Å². The van der Waals surface area contributed by atoms with Crippen LogP contribution in [0.4, 0.5) is 0 Å². The summed E-state index contributed by atoms with van der Waals surface area (Å²) >= 11 is 5.77. The smallest absolute Gasteiger partial charge is 0.344 e. The summed E-state index contributed by atoms with van der Waals surface area (Å²) in [6, 6.07) is 8.75. The van der Waals surface area contributed by atoms with Crippen molar-refractivity contribution in [2.45, 2.75) is 50.7 Å². The molecule has 0 spiro atoms. The van der Waals surface area contributed by atoms with E-state index in [-0.39, 0.29) is 6.61 Å². The first-order valence-corrected chi connectivity index (χ1v) is 8.63. The summed E-state index contributed by atoms with van der Waals surface area (Å²) in [5, 5.41) is 12.7. The van der Waals surface area contributed by atoms with Crippen molar-refractivity contribution in [3.8, 4) is 11.8 Å². The fraction of sp³-hybridized carbons (Fsp3) is 0.500.